The van der Waals surface area contributed by atoms with Gasteiger partial charge in [0.25, 0.3) is 0 Å². The number of ether oxygens (including phenoxy) is 2. The number of hydrogen-bond acceptors (Lipinski definition) is 7. The summed E-state index contributed by atoms with van der Waals surface area (Å²) in [6.45, 7) is 5.92. The van der Waals surface area contributed by atoms with Crippen molar-refractivity contribution in [1.29, 1.82) is 0 Å². The molecule has 31 heavy (non-hydrogen) atoms. The van der Waals surface area contributed by atoms with Crippen LogP contribution in [0, 0.1) is 0 Å². The summed E-state index contributed by atoms with van der Waals surface area (Å²) < 4.78 is 12.6. The molecule has 0 spiro atoms. The topological polar surface area (TPSA) is 98.6 Å². The lowest BCUT2D eigenvalue weighted by Gasteiger charge is -2.20. The van der Waals surface area contributed by atoms with Gasteiger partial charge in [-0.1, -0.05) is 18.2 Å². The molecule has 0 aliphatic carbocycles. The second-order valence-corrected chi connectivity index (χ2v) is 8.89. The normalized spacial score (nSPS) is 16.8. The molecule has 2 aromatic rings. The van der Waals surface area contributed by atoms with Crippen LogP contribution in [-0.4, -0.2) is 50.1 Å². The van der Waals surface area contributed by atoms with E-state index in [0.29, 0.717) is 41.9 Å². The Hall–Kier alpha value is -2.75. The number of likely N-dealkylation sites (tertiary alicyclic amines) is 1. The number of thioether (sulfide) groups is 1. The molecule has 166 valence electrons. The summed E-state index contributed by atoms with van der Waals surface area (Å²) >= 11 is 1.35. The van der Waals surface area contributed by atoms with Crippen molar-refractivity contribution < 1.29 is 19.1 Å². The highest BCUT2D eigenvalue weighted by atomic mass is 32.2. The third-order valence-corrected chi connectivity index (χ3v) is 6.49. The van der Waals surface area contributed by atoms with Gasteiger partial charge < -0.3 is 24.3 Å². The first-order chi connectivity index (χ1) is 15.0. The van der Waals surface area contributed by atoms with Gasteiger partial charge in [-0.3, -0.25) is 9.59 Å². The number of hydrogen-bond donors (Lipinski definition) is 1. The van der Waals surface area contributed by atoms with Crippen LogP contribution >= 0.6 is 11.8 Å². The first-order valence-corrected chi connectivity index (χ1v) is 11.5. The lowest BCUT2D eigenvalue weighted by molar-refractivity contribution is -0.131. The van der Waals surface area contributed by atoms with E-state index in [1.807, 2.05) is 23.3 Å². The number of carbonyl (C=O) groups excluding carboxylic acids is 2. The number of benzene rings is 1. The fraction of sp³-hybridized carbons (Fsp3) is 0.524. The highest BCUT2D eigenvalue weighted by molar-refractivity contribution is 8.00. The molecule has 0 radical (unpaired) electrons. The molecule has 9 nitrogen and oxygen atoms in total. The van der Waals surface area contributed by atoms with Gasteiger partial charge in [0.1, 0.15) is 0 Å². The Kier molecular flexibility index (Phi) is 6.64. The minimum absolute atomic E-state index is 0.140. The highest BCUT2D eigenvalue weighted by Crippen LogP contribution is 2.34. The van der Waals surface area contributed by atoms with Crippen molar-refractivity contribution >= 4 is 29.3 Å². The van der Waals surface area contributed by atoms with E-state index in [1.165, 1.54) is 11.8 Å². The van der Waals surface area contributed by atoms with E-state index < -0.39 is 0 Å². The minimum Gasteiger partial charge on any atom is -0.454 e. The fourth-order valence-electron chi connectivity index (χ4n) is 3.65. The summed E-state index contributed by atoms with van der Waals surface area (Å²) in [7, 11) is 0. The molecule has 1 saturated heterocycles. The van der Waals surface area contributed by atoms with Gasteiger partial charge in [0.05, 0.1) is 11.8 Å². The number of nitrogens with one attached hydrogen (secondary N) is 1. The van der Waals surface area contributed by atoms with Crippen LogP contribution in [0.15, 0.2) is 23.4 Å². The zero-order chi connectivity index (χ0) is 21.8. The maximum absolute atomic E-state index is 12.7. The van der Waals surface area contributed by atoms with E-state index in [-0.39, 0.29) is 23.9 Å². The molecule has 3 heterocycles. The minimum atomic E-state index is -0.382. The van der Waals surface area contributed by atoms with E-state index >= 15 is 0 Å². The standard InChI is InChI=1S/C21H27N5O4S/c1-3-26-18(12-25-10-6-4-5-7-19(25)27)23-24-21(26)31-14(2)20(28)22-15-8-9-16-17(11-15)30-13-29-16/h8-9,11,14H,3-7,10,12-13H2,1-2H3,(H,22,28). The number of fused-ring (bicyclic) bond motifs is 1. The lowest BCUT2D eigenvalue weighted by atomic mass is 10.2. The van der Waals surface area contributed by atoms with Crippen molar-refractivity contribution in [2.45, 2.75) is 63.0 Å². The Bertz CT molecular complexity index is 963. The van der Waals surface area contributed by atoms with Crippen molar-refractivity contribution in [2.24, 2.45) is 0 Å². The molecule has 0 saturated carbocycles. The second kappa shape index (κ2) is 9.59. The van der Waals surface area contributed by atoms with Gasteiger partial charge in [-0.25, -0.2) is 0 Å². The van der Waals surface area contributed by atoms with Gasteiger partial charge in [-0.15, -0.1) is 10.2 Å². The molecule has 4 rings (SSSR count). The predicted molar refractivity (Wildman–Crippen MR) is 116 cm³/mol. The average molecular weight is 446 g/mol. The van der Waals surface area contributed by atoms with Crippen LogP contribution in [-0.2, 0) is 22.7 Å². The first kappa shape index (κ1) is 21.5. The van der Waals surface area contributed by atoms with Crippen molar-refractivity contribution in [2.75, 3.05) is 18.7 Å². The number of amides is 2. The molecule has 1 aromatic carbocycles. The van der Waals surface area contributed by atoms with Gasteiger partial charge in [-0.2, -0.15) is 0 Å². The molecule has 1 atom stereocenters. The van der Waals surface area contributed by atoms with Gasteiger partial charge in [-0.05, 0) is 38.8 Å². The fourth-order valence-corrected chi connectivity index (χ4v) is 4.58. The van der Waals surface area contributed by atoms with Crippen LogP contribution in [0.2, 0.25) is 0 Å². The lowest BCUT2D eigenvalue weighted by Crippen LogP contribution is -2.31. The molecule has 2 amide bonds. The third kappa shape index (κ3) is 4.95. The number of rotatable bonds is 7. The van der Waals surface area contributed by atoms with Crippen molar-refractivity contribution in [3.63, 3.8) is 0 Å². The average Bonchev–Trinajstić information content (AvgIpc) is 3.32. The molecule has 0 bridgehead atoms. The zero-order valence-corrected chi connectivity index (χ0v) is 18.6. The SMILES string of the molecule is CCn1c(CN2CCCCCC2=O)nnc1SC(C)C(=O)Nc1ccc2c(c1)OCO2. The van der Waals surface area contributed by atoms with E-state index in [0.717, 1.165) is 31.6 Å². The van der Waals surface area contributed by atoms with Gasteiger partial charge >= 0.3 is 0 Å². The quantitative estimate of drug-likeness (QED) is 0.654. The van der Waals surface area contributed by atoms with Crippen molar-refractivity contribution in [1.82, 2.24) is 19.7 Å². The summed E-state index contributed by atoms with van der Waals surface area (Å²) in [5.41, 5.74) is 0.652. The number of carbonyl (C=O) groups is 2. The molecule has 1 unspecified atom stereocenters. The second-order valence-electron chi connectivity index (χ2n) is 7.59. The maximum atomic E-state index is 12.7. The Labute approximate surface area is 185 Å². The van der Waals surface area contributed by atoms with Crippen LogP contribution < -0.4 is 14.8 Å². The van der Waals surface area contributed by atoms with Gasteiger partial charge in [0, 0.05) is 31.3 Å². The van der Waals surface area contributed by atoms with E-state index in [4.69, 9.17) is 9.47 Å². The molecule has 1 N–H and O–H groups in total. The van der Waals surface area contributed by atoms with Crippen LogP contribution in [0.4, 0.5) is 5.69 Å². The van der Waals surface area contributed by atoms with Crippen LogP contribution in [0.3, 0.4) is 0 Å². The summed E-state index contributed by atoms with van der Waals surface area (Å²) in [5.74, 6) is 2.08. The van der Waals surface area contributed by atoms with Gasteiger partial charge in [0.2, 0.25) is 18.6 Å². The first-order valence-electron chi connectivity index (χ1n) is 10.6. The molecular formula is C21H27N5O4S. The smallest absolute Gasteiger partial charge is 0.237 e. The van der Waals surface area contributed by atoms with Crippen LogP contribution in [0.1, 0.15) is 45.4 Å². The summed E-state index contributed by atoms with van der Waals surface area (Å²) in [4.78, 5) is 26.9. The van der Waals surface area contributed by atoms with Crippen LogP contribution in [0.25, 0.3) is 0 Å². The zero-order valence-electron chi connectivity index (χ0n) is 17.8. The van der Waals surface area contributed by atoms with Crippen molar-refractivity contribution in [3.05, 3.63) is 24.0 Å². The van der Waals surface area contributed by atoms with E-state index in [1.54, 1.807) is 18.2 Å². The highest BCUT2D eigenvalue weighted by Gasteiger charge is 2.23. The summed E-state index contributed by atoms with van der Waals surface area (Å²) in [6, 6.07) is 5.32. The number of anilines is 1. The van der Waals surface area contributed by atoms with Crippen LogP contribution in [0.5, 0.6) is 11.5 Å². The number of nitrogens with zero attached hydrogens (tertiary/aromatic N) is 4. The Morgan fingerprint density at radius 1 is 1.23 bits per heavy atom. The maximum Gasteiger partial charge on any atom is 0.237 e. The molecule has 10 heteroatoms. The number of aromatic nitrogens is 3. The Morgan fingerprint density at radius 2 is 2.06 bits per heavy atom. The summed E-state index contributed by atoms with van der Waals surface area (Å²) in [6.07, 6.45) is 3.65. The van der Waals surface area contributed by atoms with E-state index in [2.05, 4.69) is 15.5 Å². The molecule has 2 aliphatic heterocycles. The monoisotopic (exact) mass is 445 g/mol. The summed E-state index contributed by atoms with van der Waals surface area (Å²) in [5, 5.41) is 11.8. The molecule has 1 fully saturated rings. The van der Waals surface area contributed by atoms with Crippen molar-refractivity contribution in [3.8, 4) is 11.5 Å². The largest absolute Gasteiger partial charge is 0.454 e. The third-order valence-electron chi connectivity index (χ3n) is 5.40. The van der Waals surface area contributed by atoms with E-state index in [9.17, 15) is 9.59 Å². The molecular weight excluding hydrogens is 418 g/mol. The Balaban J connectivity index is 1.40. The molecule has 1 aromatic heterocycles. The Morgan fingerprint density at radius 3 is 2.90 bits per heavy atom. The molecule has 2 aliphatic rings. The van der Waals surface area contributed by atoms with Gasteiger partial charge in [0.15, 0.2) is 22.5 Å². The predicted octanol–water partition coefficient (Wildman–Crippen LogP) is 3.05.